The molecule has 0 spiro atoms. The lowest BCUT2D eigenvalue weighted by Gasteiger charge is -2.36. The first kappa shape index (κ1) is 26.5. The van der Waals surface area contributed by atoms with Crippen molar-refractivity contribution in [3.63, 3.8) is 0 Å². The molecule has 2 unspecified atom stereocenters. The van der Waals surface area contributed by atoms with E-state index in [9.17, 15) is 14.4 Å². The first-order valence-corrected chi connectivity index (χ1v) is 13.4. The van der Waals surface area contributed by atoms with Crippen LogP contribution >= 0.6 is 11.3 Å². The maximum atomic E-state index is 13.7. The minimum Gasteiger partial charge on any atom is -0.449 e. The molecule has 2 N–H and O–H groups in total. The number of urea groups is 1. The van der Waals surface area contributed by atoms with Gasteiger partial charge in [0.15, 0.2) is 6.10 Å². The smallest absolute Gasteiger partial charge is 0.339 e. The minimum atomic E-state index is -1.15. The second-order valence-corrected chi connectivity index (χ2v) is 11.4. The molecule has 4 rings (SSSR count). The second-order valence-electron chi connectivity index (χ2n) is 10.4. The highest BCUT2D eigenvalue weighted by molar-refractivity contribution is 7.10. The Morgan fingerprint density at radius 1 is 1.16 bits per heavy atom. The third-order valence-electron chi connectivity index (χ3n) is 6.73. The van der Waals surface area contributed by atoms with E-state index in [4.69, 9.17) is 9.72 Å². The summed E-state index contributed by atoms with van der Waals surface area (Å²) in [5, 5.41) is 7.44. The van der Waals surface area contributed by atoms with E-state index in [0.717, 1.165) is 28.1 Å². The molecule has 0 aliphatic heterocycles. The number of carbonyl (C=O) groups is 3. The molecular formula is C29H33N3O4S. The van der Waals surface area contributed by atoms with Crippen LogP contribution in [0, 0.1) is 11.3 Å². The average molecular weight is 520 g/mol. The highest BCUT2D eigenvalue weighted by Crippen LogP contribution is 2.45. The monoisotopic (exact) mass is 519 g/mol. The number of fused-ring (bicyclic) bond motifs is 2. The zero-order valence-corrected chi connectivity index (χ0v) is 22.7. The fourth-order valence-corrected chi connectivity index (χ4v) is 5.29. The number of pyridine rings is 1. The highest BCUT2D eigenvalue weighted by atomic mass is 32.1. The molecule has 0 radical (unpaired) electrons. The Balaban J connectivity index is 1.80. The van der Waals surface area contributed by atoms with E-state index >= 15 is 0 Å². The molecule has 0 bridgehead atoms. The van der Waals surface area contributed by atoms with Gasteiger partial charge < -0.3 is 10.1 Å². The summed E-state index contributed by atoms with van der Waals surface area (Å²) in [5.74, 6) is -1.00. The number of aromatic nitrogens is 1. The number of thiophene rings is 1. The Labute approximate surface area is 221 Å². The van der Waals surface area contributed by atoms with Gasteiger partial charge in [0.2, 0.25) is 0 Å². The molecule has 1 aromatic carbocycles. The summed E-state index contributed by atoms with van der Waals surface area (Å²) in [6, 6.07) is 11.0. The van der Waals surface area contributed by atoms with Crippen LogP contribution in [0.25, 0.3) is 22.6 Å². The summed E-state index contributed by atoms with van der Waals surface area (Å²) < 4.78 is 5.64. The quantitative estimate of drug-likeness (QED) is 0.413. The van der Waals surface area contributed by atoms with E-state index in [0.29, 0.717) is 29.4 Å². The summed E-state index contributed by atoms with van der Waals surface area (Å²) in [5.41, 5.74) is 3.86. The number of imide groups is 1. The van der Waals surface area contributed by atoms with Crippen LogP contribution in [0.5, 0.6) is 0 Å². The molecule has 194 valence electrons. The van der Waals surface area contributed by atoms with E-state index in [1.807, 2.05) is 35.7 Å². The van der Waals surface area contributed by atoms with Gasteiger partial charge in [0.05, 0.1) is 16.8 Å². The van der Waals surface area contributed by atoms with Gasteiger partial charge in [0.25, 0.3) is 5.91 Å². The van der Waals surface area contributed by atoms with Crippen molar-refractivity contribution in [1.82, 2.24) is 15.6 Å². The lowest BCUT2D eigenvalue weighted by molar-refractivity contribution is -0.127. The van der Waals surface area contributed by atoms with Crippen molar-refractivity contribution in [3.05, 3.63) is 63.5 Å². The first-order valence-electron chi connectivity index (χ1n) is 12.5. The van der Waals surface area contributed by atoms with Crippen LogP contribution < -0.4 is 10.6 Å². The van der Waals surface area contributed by atoms with Crippen molar-refractivity contribution >= 4 is 51.8 Å². The van der Waals surface area contributed by atoms with Gasteiger partial charge in [-0.3, -0.25) is 10.1 Å². The summed E-state index contributed by atoms with van der Waals surface area (Å²) in [6.07, 6.45) is 2.53. The van der Waals surface area contributed by atoms with Crippen LogP contribution in [-0.2, 0) is 16.0 Å². The van der Waals surface area contributed by atoms with Crippen molar-refractivity contribution in [2.24, 2.45) is 11.3 Å². The Bertz CT molecular complexity index is 1360. The summed E-state index contributed by atoms with van der Waals surface area (Å²) in [4.78, 5) is 44.1. The van der Waals surface area contributed by atoms with Crippen LogP contribution in [-0.4, -0.2) is 35.5 Å². The van der Waals surface area contributed by atoms with Crippen LogP contribution in [0.15, 0.2) is 41.8 Å². The number of allylic oxidation sites excluding steroid dienone is 1. The zero-order valence-electron chi connectivity index (χ0n) is 21.9. The molecule has 2 aromatic heterocycles. The van der Waals surface area contributed by atoms with Crippen LogP contribution in [0.2, 0.25) is 0 Å². The van der Waals surface area contributed by atoms with Crippen LogP contribution in [0.1, 0.15) is 67.5 Å². The molecule has 37 heavy (non-hydrogen) atoms. The molecule has 0 saturated carbocycles. The van der Waals surface area contributed by atoms with E-state index < -0.39 is 24.0 Å². The molecule has 2 atom stereocenters. The maximum Gasteiger partial charge on any atom is 0.339 e. The number of amides is 3. The normalized spacial score (nSPS) is 17.2. The fraction of sp³-hybridized carbons (Fsp3) is 0.379. The summed E-state index contributed by atoms with van der Waals surface area (Å²) >= 11 is 1.66. The Hall–Kier alpha value is -3.52. The van der Waals surface area contributed by atoms with Crippen molar-refractivity contribution in [3.8, 4) is 0 Å². The number of carbonyl (C=O) groups excluding carboxylic acids is 3. The molecule has 3 aromatic rings. The molecule has 0 fully saturated rings. The predicted octanol–water partition coefficient (Wildman–Crippen LogP) is 5.84. The standard InChI is InChI=1S/C29H33N3O4S/c1-6-30-28(35)32-26(33)17(2)36-27(34)24-21-11-7-8-12-23(21)31-25-18(15-20-10-9-13-37-20)14-19(16-22(24)25)29(3,4)5/h7-13,15,17,19H,6,14,16H2,1-5H3,(H2,30,32,33,35)/b18-15-. The number of rotatable bonds is 5. The lowest BCUT2D eigenvalue weighted by Crippen LogP contribution is -2.44. The fourth-order valence-electron chi connectivity index (χ4n) is 4.61. The van der Waals surface area contributed by atoms with Gasteiger partial charge >= 0.3 is 12.0 Å². The molecule has 3 amide bonds. The van der Waals surface area contributed by atoms with Crippen LogP contribution in [0.4, 0.5) is 4.79 Å². The second kappa shape index (κ2) is 10.8. The molecule has 1 aliphatic carbocycles. The van der Waals surface area contributed by atoms with Gasteiger partial charge in [0.1, 0.15) is 0 Å². The molecule has 2 heterocycles. The van der Waals surface area contributed by atoms with Crippen LogP contribution in [0.3, 0.4) is 0 Å². The first-order chi connectivity index (χ1) is 17.6. The summed E-state index contributed by atoms with van der Waals surface area (Å²) in [6.45, 7) is 10.2. The van der Waals surface area contributed by atoms with Crippen molar-refractivity contribution < 1.29 is 19.1 Å². The number of para-hydroxylation sites is 1. The van der Waals surface area contributed by atoms with E-state index in [-0.39, 0.29) is 11.3 Å². The number of esters is 1. The van der Waals surface area contributed by atoms with Gasteiger partial charge in [-0.1, -0.05) is 45.0 Å². The molecule has 7 nitrogen and oxygen atoms in total. The molecular weight excluding hydrogens is 486 g/mol. The molecule has 8 heteroatoms. The largest absolute Gasteiger partial charge is 0.449 e. The van der Waals surface area contributed by atoms with Gasteiger partial charge in [-0.15, -0.1) is 11.3 Å². The highest BCUT2D eigenvalue weighted by Gasteiger charge is 2.36. The number of hydrogen-bond acceptors (Lipinski definition) is 6. The number of hydrogen-bond donors (Lipinski definition) is 2. The van der Waals surface area contributed by atoms with Gasteiger partial charge in [-0.2, -0.15) is 0 Å². The number of nitrogens with zero attached hydrogens (tertiary/aromatic N) is 1. The molecule has 1 aliphatic rings. The Kier molecular flexibility index (Phi) is 7.78. The third-order valence-corrected chi connectivity index (χ3v) is 7.55. The van der Waals surface area contributed by atoms with Crippen molar-refractivity contribution in [2.75, 3.05) is 6.54 Å². The van der Waals surface area contributed by atoms with E-state index in [2.05, 4.69) is 43.5 Å². The molecule has 0 saturated heterocycles. The predicted molar refractivity (Wildman–Crippen MR) is 147 cm³/mol. The van der Waals surface area contributed by atoms with E-state index in [1.54, 1.807) is 18.3 Å². The Morgan fingerprint density at radius 3 is 2.59 bits per heavy atom. The maximum absolute atomic E-state index is 13.7. The van der Waals surface area contributed by atoms with Gasteiger partial charge in [-0.25, -0.2) is 14.6 Å². The number of ether oxygens (including phenoxy) is 1. The SMILES string of the molecule is CCNC(=O)NC(=O)C(C)OC(=O)c1c2c(nc3ccccc13)/C(=C\c1cccs1)CC(C(C)(C)C)C2. The van der Waals surface area contributed by atoms with E-state index in [1.165, 1.54) is 6.92 Å². The third kappa shape index (κ3) is 5.91. The topological polar surface area (TPSA) is 97.4 Å². The van der Waals surface area contributed by atoms with Crippen molar-refractivity contribution in [2.45, 2.75) is 53.6 Å². The van der Waals surface area contributed by atoms with Gasteiger partial charge in [0, 0.05) is 16.8 Å². The zero-order chi connectivity index (χ0) is 26.7. The van der Waals surface area contributed by atoms with Crippen molar-refractivity contribution in [1.29, 1.82) is 0 Å². The minimum absolute atomic E-state index is 0.00112. The Morgan fingerprint density at radius 2 is 1.92 bits per heavy atom. The summed E-state index contributed by atoms with van der Waals surface area (Å²) in [7, 11) is 0. The average Bonchev–Trinajstić information content (AvgIpc) is 3.35. The number of benzene rings is 1. The van der Waals surface area contributed by atoms with Gasteiger partial charge in [-0.05, 0) is 72.7 Å². The lowest BCUT2D eigenvalue weighted by atomic mass is 9.69. The number of nitrogens with one attached hydrogen (secondary N) is 2.